The molecule has 17 nitrogen and oxygen atoms in total. The Morgan fingerprint density at radius 1 is 0.257 bits per heavy atom. The Bertz CT molecular complexity index is 2070. The minimum Gasteiger partial charge on any atom is -0.462 e. The Kier molecular flexibility index (Phi) is 81.1. The highest BCUT2D eigenvalue weighted by Crippen LogP contribution is 2.45. The van der Waals surface area contributed by atoms with Crippen LogP contribution in [0.1, 0.15) is 490 Å². The molecule has 3 N–H and O–H groups in total. The zero-order valence-corrected chi connectivity index (χ0v) is 73.5. The van der Waals surface area contributed by atoms with Crippen LogP contribution in [0.15, 0.2) is 0 Å². The molecule has 0 spiro atoms. The maximum absolute atomic E-state index is 13.2. The SMILES string of the molecule is CCCCCCCCCCCCCCCCCCCCCCCC(=O)O[C@H](COC(=O)CCCCCCCCCCCCCCCCC(C)CC)COP(=O)(O)OC[C@@H](O)COP(=O)(O)OC[C@@H](COC(=O)CCCCCCCCCCCCCCC)OC(=O)CCCCCCCCCCCCCCCCCCC. The lowest BCUT2D eigenvalue weighted by atomic mass is 9.99. The molecule has 648 valence electrons. The highest BCUT2D eigenvalue weighted by atomic mass is 31.2. The molecule has 0 amide bonds. The van der Waals surface area contributed by atoms with Crippen molar-refractivity contribution in [3.8, 4) is 0 Å². The first-order valence-electron chi connectivity index (χ1n) is 46.7. The fourth-order valence-electron chi connectivity index (χ4n) is 14.1. The number of phosphoric acid groups is 2. The van der Waals surface area contributed by atoms with Crippen molar-refractivity contribution >= 4 is 39.5 Å². The Balaban J connectivity index is 5.26. The summed E-state index contributed by atoms with van der Waals surface area (Å²) in [6.07, 6.45) is 77.6. The Labute approximate surface area is 670 Å². The molecule has 0 aliphatic heterocycles. The van der Waals surface area contributed by atoms with Gasteiger partial charge >= 0.3 is 39.5 Å². The Morgan fingerprint density at radius 2 is 0.440 bits per heavy atom. The first-order valence-corrected chi connectivity index (χ1v) is 49.7. The number of carbonyl (C=O) groups excluding carboxylic acids is 4. The van der Waals surface area contributed by atoms with E-state index in [-0.39, 0.29) is 25.7 Å². The van der Waals surface area contributed by atoms with Crippen LogP contribution in [0.3, 0.4) is 0 Å². The van der Waals surface area contributed by atoms with E-state index in [0.717, 1.165) is 95.8 Å². The number of carbonyl (C=O) groups is 4. The average molecular weight is 1590 g/mol. The molecular formula is C90H176O17P2. The second kappa shape index (κ2) is 82.6. The summed E-state index contributed by atoms with van der Waals surface area (Å²) >= 11 is 0. The van der Waals surface area contributed by atoms with Crippen molar-refractivity contribution in [1.82, 2.24) is 0 Å². The Morgan fingerprint density at radius 3 is 0.651 bits per heavy atom. The summed E-state index contributed by atoms with van der Waals surface area (Å²) in [5.74, 6) is -1.24. The van der Waals surface area contributed by atoms with E-state index in [2.05, 4.69) is 34.6 Å². The van der Waals surface area contributed by atoms with Gasteiger partial charge in [-0.1, -0.05) is 439 Å². The van der Waals surface area contributed by atoms with E-state index >= 15 is 0 Å². The van der Waals surface area contributed by atoms with Crippen molar-refractivity contribution in [1.29, 1.82) is 0 Å². The molecule has 0 radical (unpaired) electrons. The summed E-state index contributed by atoms with van der Waals surface area (Å²) in [5.41, 5.74) is 0. The first-order chi connectivity index (χ1) is 53.1. The van der Waals surface area contributed by atoms with Gasteiger partial charge in [0, 0.05) is 25.7 Å². The topological polar surface area (TPSA) is 237 Å². The molecule has 19 heteroatoms. The molecule has 0 aromatic carbocycles. The molecule has 0 aromatic rings. The maximum atomic E-state index is 13.2. The molecule has 0 aliphatic carbocycles. The van der Waals surface area contributed by atoms with Crippen LogP contribution in [0.5, 0.6) is 0 Å². The molecule has 0 heterocycles. The first kappa shape index (κ1) is 107. The van der Waals surface area contributed by atoms with Crippen molar-refractivity contribution in [3.05, 3.63) is 0 Å². The van der Waals surface area contributed by atoms with E-state index in [0.29, 0.717) is 25.7 Å². The minimum absolute atomic E-state index is 0.109. The molecule has 0 bridgehead atoms. The van der Waals surface area contributed by atoms with E-state index in [9.17, 15) is 43.2 Å². The fraction of sp³-hybridized carbons (Fsp3) is 0.956. The quantitative estimate of drug-likeness (QED) is 0.0222. The van der Waals surface area contributed by atoms with Crippen LogP contribution in [0.25, 0.3) is 0 Å². The van der Waals surface area contributed by atoms with Gasteiger partial charge < -0.3 is 33.8 Å². The van der Waals surface area contributed by atoms with Crippen LogP contribution in [-0.2, 0) is 65.4 Å². The minimum atomic E-state index is -4.97. The van der Waals surface area contributed by atoms with Crippen molar-refractivity contribution < 1.29 is 80.2 Å². The average Bonchev–Trinajstić information content (AvgIpc) is 0.911. The summed E-state index contributed by atoms with van der Waals surface area (Å²) in [6, 6.07) is 0. The third kappa shape index (κ3) is 82.4. The van der Waals surface area contributed by atoms with E-state index < -0.39 is 97.5 Å². The van der Waals surface area contributed by atoms with Gasteiger partial charge in [-0.05, 0) is 31.6 Å². The summed E-state index contributed by atoms with van der Waals surface area (Å²) in [5, 5.41) is 10.7. The fourth-order valence-corrected chi connectivity index (χ4v) is 15.7. The van der Waals surface area contributed by atoms with Crippen molar-refractivity contribution in [2.75, 3.05) is 39.6 Å². The number of esters is 4. The standard InChI is InChI=1S/C90H176O17P2/c1-6-10-13-16-19-22-25-28-30-32-33-34-35-37-39-46-51-56-61-66-71-76-90(95)107-86(80-101-88(93)74-69-64-59-54-49-44-41-40-43-47-52-57-62-67-72-83(5)9-4)82-105-109(98,99)103-78-84(91)77-102-108(96,97)104-81-85(79-100-87(92)73-68-63-58-53-48-42-27-24-21-18-15-12-8-3)106-89(94)75-70-65-60-55-50-45-38-36-31-29-26-23-20-17-14-11-7-2/h83-86,91H,6-82H2,1-5H3,(H,96,97)(H,98,99)/t83?,84-,85+,86+/m0/s1. The second-order valence-electron chi connectivity index (χ2n) is 32.6. The van der Waals surface area contributed by atoms with Gasteiger partial charge in [-0.3, -0.25) is 37.3 Å². The largest absolute Gasteiger partial charge is 0.472 e. The number of ether oxygens (including phenoxy) is 4. The number of phosphoric ester groups is 2. The lowest BCUT2D eigenvalue weighted by Gasteiger charge is -2.21. The predicted molar refractivity (Wildman–Crippen MR) is 451 cm³/mol. The smallest absolute Gasteiger partial charge is 0.462 e. The molecule has 0 aliphatic rings. The molecule has 6 atom stereocenters. The zero-order chi connectivity index (χ0) is 79.7. The highest BCUT2D eigenvalue weighted by Gasteiger charge is 2.31. The van der Waals surface area contributed by atoms with Crippen molar-refractivity contribution in [2.24, 2.45) is 5.92 Å². The molecule has 0 rings (SSSR count). The number of aliphatic hydroxyl groups is 1. The van der Waals surface area contributed by atoms with Crippen molar-refractivity contribution in [2.45, 2.75) is 509 Å². The maximum Gasteiger partial charge on any atom is 0.472 e. The summed E-state index contributed by atoms with van der Waals surface area (Å²) in [7, 11) is -9.93. The van der Waals surface area contributed by atoms with Crippen LogP contribution < -0.4 is 0 Å². The highest BCUT2D eigenvalue weighted by molar-refractivity contribution is 7.47. The second-order valence-corrected chi connectivity index (χ2v) is 35.5. The van der Waals surface area contributed by atoms with Gasteiger partial charge in [-0.2, -0.15) is 0 Å². The molecular weight excluding hydrogens is 1410 g/mol. The van der Waals surface area contributed by atoms with E-state index in [1.807, 2.05) is 0 Å². The number of hydrogen-bond acceptors (Lipinski definition) is 15. The van der Waals surface area contributed by atoms with E-state index in [1.54, 1.807) is 0 Å². The van der Waals surface area contributed by atoms with Crippen LogP contribution in [0.4, 0.5) is 0 Å². The van der Waals surface area contributed by atoms with Gasteiger partial charge in [-0.25, -0.2) is 9.13 Å². The molecule has 0 fully saturated rings. The molecule has 0 saturated heterocycles. The molecule has 3 unspecified atom stereocenters. The number of rotatable bonds is 90. The zero-order valence-electron chi connectivity index (χ0n) is 71.7. The van der Waals surface area contributed by atoms with Crippen LogP contribution in [-0.4, -0.2) is 96.7 Å². The predicted octanol–water partition coefficient (Wildman–Crippen LogP) is 27.9. The summed E-state index contributed by atoms with van der Waals surface area (Å²) < 4.78 is 69.1. The summed E-state index contributed by atoms with van der Waals surface area (Å²) in [4.78, 5) is 73.4. The Hall–Kier alpha value is -1.94. The monoisotopic (exact) mass is 1590 g/mol. The van der Waals surface area contributed by atoms with E-state index in [4.69, 9.17) is 37.0 Å². The van der Waals surface area contributed by atoms with Gasteiger partial charge in [0.1, 0.15) is 19.3 Å². The van der Waals surface area contributed by atoms with Crippen molar-refractivity contribution in [3.63, 3.8) is 0 Å². The van der Waals surface area contributed by atoms with Crippen LogP contribution >= 0.6 is 15.6 Å². The third-order valence-electron chi connectivity index (χ3n) is 21.6. The number of hydrogen-bond donors (Lipinski definition) is 3. The number of aliphatic hydroxyl groups excluding tert-OH is 1. The molecule has 109 heavy (non-hydrogen) atoms. The van der Waals surface area contributed by atoms with Gasteiger partial charge in [-0.15, -0.1) is 0 Å². The van der Waals surface area contributed by atoms with Gasteiger partial charge in [0.05, 0.1) is 26.4 Å². The lowest BCUT2D eigenvalue weighted by molar-refractivity contribution is -0.161. The molecule has 0 aromatic heterocycles. The molecule has 0 saturated carbocycles. The van der Waals surface area contributed by atoms with Crippen LogP contribution in [0.2, 0.25) is 0 Å². The summed E-state index contributed by atoms with van der Waals surface area (Å²) in [6.45, 7) is 7.45. The lowest BCUT2D eigenvalue weighted by Crippen LogP contribution is -2.30. The van der Waals surface area contributed by atoms with E-state index in [1.165, 1.54) is 315 Å². The van der Waals surface area contributed by atoms with Gasteiger partial charge in [0.2, 0.25) is 0 Å². The van der Waals surface area contributed by atoms with Crippen LogP contribution in [0, 0.1) is 5.92 Å². The normalized spacial score (nSPS) is 13.9. The van der Waals surface area contributed by atoms with Gasteiger partial charge in [0.15, 0.2) is 12.2 Å². The van der Waals surface area contributed by atoms with Gasteiger partial charge in [0.25, 0.3) is 0 Å². The number of unbranched alkanes of at least 4 members (excludes halogenated alkanes) is 61. The third-order valence-corrected chi connectivity index (χ3v) is 23.5.